The van der Waals surface area contributed by atoms with Gasteiger partial charge >= 0.3 is 0 Å². The number of aryl methyl sites for hydroxylation is 1. The van der Waals surface area contributed by atoms with Gasteiger partial charge in [-0.15, -0.1) is 0 Å². The van der Waals surface area contributed by atoms with E-state index >= 15 is 0 Å². The summed E-state index contributed by atoms with van der Waals surface area (Å²) < 4.78 is 1.80. The van der Waals surface area contributed by atoms with E-state index in [1.807, 2.05) is 11.0 Å². The van der Waals surface area contributed by atoms with Crippen LogP contribution in [-0.2, 0) is 16.1 Å². The van der Waals surface area contributed by atoms with Crippen molar-refractivity contribution in [2.75, 3.05) is 11.9 Å². The van der Waals surface area contributed by atoms with Gasteiger partial charge in [0.1, 0.15) is 5.82 Å². The largest absolute Gasteiger partial charge is 0.339 e. The maximum atomic E-state index is 12.6. The van der Waals surface area contributed by atoms with Crippen molar-refractivity contribution < 1.29 is 9.59 Å². The number of hydrogen-bond acceptors (Lipinski definition) is 3. The van der Waals surface area contributed by atoms with Gasteiger partial charge in [-0.3, -0.25) is 9.59 Å². The smallest absolute Gasteiger partial charge is 0.230 e. The summed E-state index contributed by atoms with van der Waals surface area (Å²) in [4.78, 5) is 26.9. The molecule has 1 aromatic rings. The molecule has 1 aromatic heterocycles. The first kappa shape index (κ1) is 17.0. The first-order chi connectivity index (χ1) is 11.6. The van der Waals surface area contributed by atoms with Crippen LogP contribution in [-0.4, -0.2) is 39.1 Å². The quantitative estimate of drug-likeness (QED) is 0.901. The minimum Gasteiger partial charge on any atom is -0.339 e. The molecule has 0 aromatic carbocycles. The van der Waals surface area contributed by atoms with Crippen molar-refractivity contribution in [3.8, 4) is 0 Å². The van der Waals surface area contributed by atoms with E-state index in [4.69, 9.17) is 0 Å². The molecule has 1 aliphatic carbocycles. The van der Waals surface area contributed by atoms with Crippen LogP contribution in [0.1, 0.15) is 52.4 Å². The van der Waals surface area contributed by atoms with Gasteiger partial charge in [0.25, 0.3) is 0 Å². The van der Waals surface area contributed by atoms with Crippen LogP contribution in [0.25, 0.3) is 0 Å². The average Bonchev–Trinajstić information content (AvgIpc) is 3.16. The normalized spacial score (nSPS) is 27.5. The highest BCUT2D eigenvalue weighted by atomic mass is 16.2. The van der Waals surface area contributed by atoms with Gasteiger partial charge in [0, 0.05) is 31.6 Å². The summed E-state index contributed by atoms with van der Waals surface area (Å²) in [5.74, 6) is 1.31. The summed E-state index contributed by atoms with van der Waals surface area (Å²) in [6, 6.07) is 2.14. The van der Waals surface area contributed by atoms with Gasteiger partial charge in [-0.25, -0.2) is 4.68 Å². The Bertz CT molecular complexity index is 590. The van der Waals surface area contributed by atoms with Crippen LogP contribution in [0.2, 0.25) is 0 Å². The summed E-state index contributed by atoms with van der Waals surface area (Å²) in [6.07, 6.45) is 7.50. The van der Waals surface area contributed by atoms with Crippen molar-refractivity contribution in [3.63, 3.8) is 0 Å². The summed E-state index contributed by atoms with van der Waals surface area (Å²) >= 11 is 0. The Balaban J connectivity index is 1.58. The van der Waals surface area contributed by atoms with Gasteiger partial charge in [0.15, 0.2) is 0 Å². The third kappa shape index (κ3) is 3.62. The van der Waals surface area contributed by atoms with Crippen LogP contribution in [0.4, 0.5) is 5.82 Å². The lowest BCUT2D eigenvalue weighted by Crippen LogP contribution is -2.39. The Morgan fingerprint density at radius 1 is 1.33 bits per heavy atom. The van der Waals surface area contributed by atoms with Crippen molar-refractivity contribution in [1.82, 2.24) is 14.7 Å². The molecule has 3 rings (SSSR count). The molecule has 2 fully saturated rings. The molecule has 0 spiro atoms. The molecule has 0 bridgehead atoms. The number of carbonyl (C=O) groups is 2. The Labute approximate surface area is 143 Å². The van der Waals surface area contributed by atoms with Crippen molar-refractivity contribution in [3.05, 3.63) is 12.3 Å². The van der Waals surface area contributed by atoms with Gasteiger partial charge in [-0.2, -0.15) is 5.10 Å². The highest BCUT2D eigenvalue weighted by Gasteiger charge is 2.38. The fourth-order valence-electron chi connectivity index (χ4n) is 3.87. The second-order valence-corrected chi connectivity index (χ2v) is 7.29. The Kier molecular flexibility index (Phi) is 5.21. The van der Waals surface area contributed by atoms with Gasteiger partial charge in [0.2, 0.25) is 11.8 Å². The predicted molar refractivity (Wildman–Crippen MR) is 92.4 cm³/mol. The highest BCUT2D eigenvalue weighted by Crippen LogP contribution is 2.31. The Morgan fingerprint density at radius 3 is 2.79 bits per heavy atom. The third-order valence-electron chi connectivity index (χ3n) is 5.36. The predicted octanol–water partition coefficient (Wildman–Crippen LogP) is 2.66. The SMILES string of the molecule is CCCn1nccc1NC(=O)C1CC(=O)N(C2CCC(C)CC2)C1. The number of nitrogens with one attached hydrogen (secondary N) is 1. The highest BCUT2D eigenvalue weighted by molar-refractivity contribution is 5.96. The van der Waals surface area contributed by atoms with E-state index in [1.54, 1.807) is 10.9 Å². The van der Waals surface area contributed by atoms with Gasteiger partial charge < -0.3 is 10.2 Å². The van der Waals surface area contributed by atoms with Crippen LogP contribution in [0.5, 0.6) is 0 Å². The van der Waals surface area contributed by atoms with E-state index in [-0.39, 0.29) is 17.7 Å². The molecule has 0 radical (unpaired) electrons. The minimum atomic E-state index is -0.248. The number of carbonyl (C=O) groups excluding carboxylic acids is 2. The molecule has 1 atom stereocenters. The molecule has 1 N–H and O–H groups in total. The monoisotopic (exact) mass is 332 g/mol. The summed E-state index contributed by atoms with van der Waals surface area (Å²) in [6.45, 7) is 5.69. The summed E-state index contributed by atoms with van der Waals surface area (Å²) in [5, 5.41) is 7.17. The molecule has 6 nitrogen and oxygen atoms in total. The van der Waals surface area contributed by atoms with E-state index in [0.29, 0.717) is 19.0 Å². The van der Waals surface area contributed by atoms with Crippen molar-refractivity contribution in [1.29, 1.82) is 0 Å². The lowest BCUT2D eigenvalue weighted by atomic mass is 9.87. The first-order valence-corrected chi connectivity index (χ1v) is 9.20. The number of hydrogen-bond donors (Lipinski definition) is 1. The second kappa shape index (κ2) is 7.36. The van der Waals surface area contributed by atoms with E-state index in [9.17, 15) is 9.59 Å². The molecule has 2 heterocycles. The molecule has 132 valence electrons. The second-order valence-electron chi connectivity index (χ2n) is 7.29. The molecule has 2 aliphatic rings. The molecular weight excluding hydrogens is 304 g/mol. The number of rotatable bonds is 5. The molecule has 1 unspecified atom stereocenters. The first-order valence-electron chi connectivity index (χ1n) is 9.20. The zero-order valence-corrected chi connectivity index (χ0v) is 14.7. The third-order valence-corrected chi connectivity index (χ3v) is 5.36. The van der Waals surface area contributed by atoms with Crippen LogP contribution in [0, 0.1) is 11.8 Å². The Hall–Kier alpha value is -1.85. The van der Waals surface area contributed by atoms with Gasteiger partial charge in [0.05, 0.1) is 12.1 Å². The van der Waals surface area contributed by atoms with Crippen molar-refractivity contribution in [2.45, 2.75) is 65.0 Å². The van der Waals surface area contributed by atoms with E-state index in [1.165, 1.54) is 12.8 Å². The van der Waals surface area contributed by atoms with E-state index in [2.05, 4.69) is 24.3 Å². The topological polar surface area (TPSA) is 67.2 Å². The molecule has 1 aliphatic heterocycles. The number of nitrogens with zero attached hydrogens (tertiary/aromatic N) is 3. The minimum absolute atomic E-state index is 0.0621. The van der Waals surface area contributed by atoms with Crippen LogP contribution < -0.4 is 5.32 Å². The standard InChI is InChI=1S/C18H28N4O2/c1-3-10-22-16(8-9-19-22)20-18(24)14-11-17(23)21(12-14)15-6-4-13(2)5-7-15/h8-9,13-15H,3-7,10-12H2,1-2H3,(H,20,24). The summed E-state index contributed by atoms with van der Waals surface area (Å²) in [5.41, 5.74) is 0. The lowest BCUT2D eigenvalue weighted by Gasteiger charge is -2.33. The van der Waals surface area contributed by atoms with Crippen molar-refractivity contribution in [2.24, 2.45) is 11.8 Å². The maximum absolute atomic E-state index is 12.6. The van der Waals surface area contributed by atoms with Gasteiger partial charge in [-0.1, -0.05) is 13.8 Å². The Morgan fingerprint density at radius 2 is 2.08 bits per heavy atom. The fraction of sp³-hybridized carbons (Fsp3) is 0.722. The fourth-order valence-corrected chi connectivity index (χ4v) is 3.87. The number of likely N-dealkylation sites (tertiary alicyclic amines) is 1. The van der Waals surface area contributed by atoms with Gasteiger partial charge in [-0.05, 0) is 38.0 Å². The number of aromatic nitrogens is 2. The van der Waals surface area contributed by atoms with Crippen LogP contribution >= 0.6 is 0 Å². The van der Waals surface area contributed by atoms with E-state index < -0.39 is 0 Å². The maximum Gasteiger partial charge on any atom is 0.230 e. The molecule has 24 heavy (non-hydrogen) atoms. The lowest BCUT2D eigenvalue weighted by molar-refractivity contribution is -0.130. The number of anilines is 1. The zero-order valence-electron chi connectivity index (χ0n) is 14.7. The zero-order chi connectivity index (χ0) is 17.1. The van der Waals surface area contributed by atoms with Crippen molar-refractivity contribution >= 4 is 17.6 Å². The summed E-state index contributed by atoms with van der Waals surface area (Å²) in [7, 11) is 0. The van der Waals surface area contributed by atoms with Crippen LogP contribution in [0.3, 0.4) is 0 Å². The molecule has 1 saturated heterocycles. The molecule has 1 saturated carbocycles. The number of amides is 2. The van der Waals surface area contributed by atoms with E-state index in [0.717, 1.165) is 37.5 Å². The molecule has 2 amide bonds. The average molecular weight is 332 g/mol. The molecule has 6 heteroatoms. The van der Waals surface area contributed by atoms with Crippen LogP contribution in [0.15, 0.2) is 12.3 Å². The molecular formula is C18H28N4O2.